The van der Waals surface area contributed by atoms with Crippen LogP contribution in [0, 0.1) is 0 Å². The number of thioether (sulfide) groups is 1. The molecule has 1 aliphatic rings. The zero-order valence-electron chi connectivity index (χ0n) is 12.8. The van der Waals surface area contributed by atoms with Gasteiger partial charge in [0.05, 0.1) is 0 Å². The van der Waals surface area contributed by atoms with Gasteiger partial charge in [-0.2, -0.15) is 11.8 Å². The van der Waals surface area contributed by atoms with Gasteiger partial charge < -0.3 is 16.4 Å². The number of carbonyl (C=O) groups is 1. The lowest BCUT2D eigenvalue weighted by Gasteiger charge is -2.26. The van der Waals surface area contributed by atoms with E-state index in [4.69, 9.17) is 5.73 Å². The van der Waals surface area contributed by atoms with Gasteiger partial charge in [0.25, 0.3) is 0 Å². The molecule has 116 valence electrons. The zero-order valence-corrected chi connectivity index (χ0v) is 13.6. The fourth-order valence-corrected chi connectivity index (χ4v) is 3.70. The van der Waals surface area contributed by atoms with Crippen molar-refractivity contribution in [3.8, 4) is 0 Å². The molecular formula is C16H25N3OS. The number of nitrogens with two attached hydrogens (primary N) is 1. The molecule has 1 fully saturated rings. The first-order chi connectivity index (χ1) is 10.0. The normalized spacial score (nSPS) is 18.2. The van der Waals surface area contributed by atoms with Crippen LogP contribution in [0.15, 0.2) is 24.3 Å². The van der Waals surface area contributed by atoms with Crippen LogP contribution in [0.1, 0.15) is 44.2 Å². The van der Waals surface area contributed by atoms with E-state index in [2.05, 4.69) is 16.9 Å². The number of nitrogens with one attached hydrogen (secondary N) is 2. The number of hydrogen-bond donors (Lipinski definition) is 3. The Balaban J connectivity index is 1.88. The third-order valence-corrected chi connectivity index (χ3v) is 5.61. The van der Waals surface area contributed by atoms with E-state index in [9.17, 15) is 4.79 Å². The minimum absolute atomic E-state index is 0.0342. The maximum Gasteiger partial charge on any atom is 0.319 e. The van der Waals surface area contributed by atoms with Gasteiger partial charge in [0.2, 0.25) is 0 Å². The Morgan fingerprint density at radius 3 is 2.76 bits per heavy atom. The van der Waals surface area contributed by atoms with E-state index in [1.165, 1.54) is 25.7 Å². The molecular weight excluding hydrogens is 282 g/mol. The second-order valence-electron chi connectivity index (χ2n) is 5.82. The summed E-state index contributed by atoms with van der Waals surface area (Å²) in [4.78, 5) is 12.0. The van der Waals surface area contributed by atoms with Gasteiger partial charge in [0.15, 0.2) is 0 Å². The van der Waals surface area contributed by atoms with Gasteiger partial charge in [-0.1, -0.05) is 25.0 Å². The van der Waals surface area contributed by atoms with Gasteiger partial charge in [-0.3, -0.25) is 0 Å². The Hall–Kier alpha value is -1.20. The highest BCUT2D eigenvalue weighted by atomic mass is 32.2. The smallest absolute Gasteiger partial charge is 0.319 e. The first-order valence-electron chi connectivity index (χ1n) is 7.50. The molecule has 1 unspecified atom stereocenters. The molecule has 1 aromatic carbocycles. The molecule has 0 heterocycles. The highest BCUT2D eigenvalue weighted by Crippen LogP contribution is 2.39. The highest BCUT2D eigenvalue weighted by molar-refractivity contribution is 8.00. The third kappa shape index (κ3) is 4.38. The number of hydrogen-bond acceptors (Lipinski definition) is 3. The molecule has 1 aromatic rings. The molecule has 0 radical (unpaired) electrons. The molecule has 4 nitrogen and oxygen atoms in total. The second-order valence-corrected chi connectivity index (χ2v) is 7.09. The van der Waals surface area contributed by atoms with Crippen molar-refractivity contribution in [3.63, 3.8) is 0 Å². The van der Waals surface area contributed by atoms with Gasteiger partial charge in [-0.15, -0.1) is 0 Å². The van der Waals surface area contributed by atoms with Crippen molar-refractivity contribution in [1.82, 2.24) is 5.32 Å². The minimum atomic E-state index is -0.142. The number of benzene rings is 1. The molecule has 5 heteroatoms. The second kappa shape index (κ2) is 7.18. The van der Waals surface area contributed by atoms with Crippen LogP contribution in [0.4, 0.5) is 10.5 Å². The lowest BCUT2D eigenvalue weighted by molar-refractivity contribution is 0.251. The Bertz CT molecular complexity index is 484. The molecule has 0 bridgehead atoms. The van der Waals surface area contributed by atoms with Crippen molar-refractivity contribution in [3.05, 3.63) is 29.8 Å². The minimum Gasteiger partial charge on any atom is -0.336 e. The van der Waals surface area contributed by atoms with Crippen molar-refractivity contribution in [2.75, 3.05) is 18.1 Å². The Morgan fingerprint density at radius 1 is 1.43 bits per heavy atom. The SMILES string of the molecule is CSC1(CNC(=O)Nc2cccc(C(C)N)c2)CCCC1. The maximum absolute atomic E-state index is 12.0. The summed E-state index contributed by atoms with van der Waals surface area (Å²) in [6, 6.07) is 7.50. The third-order valence-electron chi connectivity index (χ3n) is 4.19. The van der Waals surface area contributed by atoms with E-state index in [-0.39, 0.29) is 16.8 Å². The van der Waals surface area contributed by atoms with Crippen LogP contribution in [0.25, 0.3) is 0 Å². The summed E-state index contributed by atoms with van der Waals surface area (Å²) in [7, 11) is 0. The van der Waals surface area contributed by atoms with Gasteiger partial charge in [-0.05, 0) is 43.7 Å². The van der Waals surface area contributed by atoms with Crippen molar-refractivity contribution in [1.29, 1.82) is 0 Å². The number of urea groups is 1. The molecule has 1 atom stereocenters. The van der Waals surface area contributed by atoms with E-state index in [0.29, 0.717) is 0 Å². The number of amides is 2. The van der Waals surface area contributed by atoms with E-state index in [1.54, 1.807) is 0 Å². The average Bonchev–Trinajstić information content (AvgIpc) is 2.95. The van der Waals surface area contributed by atoms with Gasteiger partial charge >= 0.3 is 6.03 Å². The summed E-state index contributed by atoms with van der Waals surface area (Å²) < 4.78 is 0.227. The Morgan fingerprint density at radius 2 is 2.14 bits per heavy atom. The highest BCUT2D eigenvalue weighted by Gasteiger charge is 2.33. The summed E-state index contributed by atoms with van der Waals surface area (Å²) in [5, 5.41) is 5.90. The molecule has 0 spiro atoms. The van der Waals surface area contributed by atoms with Crippen LogP contribution >= 0.6 is 11.8 Å². The van der Waals surface area contributed by atoms with E-state index >= 15 is 0 Å². The number of anilines is 1. The van der Waals surface area contributed by atoms with Crippen LogP contribution in [-0.2, 0) is 0 Å². The maximum atomic E-state index is 12.0. The van der Waals surface area contributed by atoms with Crippen LogP contribution in [-0.4, -0.2) is 23.6 Å². The van der Waals surface area contributed by atoms with Crippen LogP contribution in [0.2, 0.25) is 0 Å². The largest absolute Gasteiger partial charge is 0.336 e. The lowest BCUT2D eigenvalue weighted by Crippen LogP contribution is -2.40. The molecule has 0 aliphatic heterocycles. The average molecular weight is 307 g/mol. The molecule has 0 aromatic heterocycles. The van der Waals surface area contributed by atoms with Crippen LogP contribution in [0.5, 0.6) is 0 Å². The summed E-state index contributed by atoms with van der Waals surface area (Å²) >= 11 is 1.88. The summed E-state index contributed by atoms with van der Waals surface area (Å²) in [5.41, 5.74) is 7.66. The van der Waals surface area contributed by atoms with Gasteiger partial charge in [-0.25, -0.2) is 4.79 Å². The quantitative estimate of drug-likeness (QED) is 0.780. The summed E-state index contributed by atoms with van der Waals surface area (Å²) in [6.07, 6.45) is 7.04. The van der Waals surface area contributed by atoms with Crippen LogP contribution < -0.4 is 16.4 Å². The van der Waals surface area contributed by atoms with Gasteiger partial charge in [0, 0.05) is 23.0 Å². The first kappa shape index (κ1) is 16.2. The standard InChI is InChI=1S/C16H25N3OS/c1-12(17)13-6-5-7-14(10-13)19-15(20)18-11-16(21-2)8-3-4-9-16/h5-7,10,12H,3-4,8-9,11,17H2,1-2H3,(H2,18,19,20). The predicted molar refractivity (Wildman–Crippen MR) is 90.8 cm³/mol. The monoisotopic (exact) mass is 307 g/mol. The summed E-state index contributed by atoms with van der Waals surface area (Å²) in [5.74, 6) is 0. The zero-order chi connectivity index (χ0) is 15.3. The van der Waals surface area contributed by atoms with Crippen LogP contribution in [0.3, 0.4) is 0 Å². The molecule has 21 heavy (non-hydrogen) atoms. The van der Waals surface area contributed by atoms with Crippen molar-refractivity contribution >= 4 is 23.5 Å². The van der Waals surface area contributed by atoms with E-state index < -0.39 is 0 Å². The lowest BCUT2D eigenvalue weighted by atomic mass is 10.1. The van der Waals surface area contributed by atoms with Crippen molar-refractivity contribution in [2.45, 2.75) is 43.4 Å². The first-order valence-corrected chi connectivity index (χ1v) is 8.73. The molecule has 1 aliphatic carbocycles. The Labute approximate surface area is 131 Å². The molecule has 4 N–H and O–H groups in total. The summed E-state index contributed by atoms with van der Waals surface area (Å²) in [6.45, 7) is 2.66. The molecule has 1 saturated carbocycles. The van der Waals surface area contributed by atoms with E-state index in [1.807, 2.05) is 43.0 Å². The molecule has 2 rings (SSSR count). The van der Waals surface area contributed by atoms with Crippen molar-refractivity contribution in [2.24, 2.45) is 5.73 Å². The predicted octanol–water partition coefficient (Wildman–Crippen LogP) is 3.50. The number of carbonyl (C=O) groups excluding carboxylic acids is 1. The molecule has 2 amide bonds. The topological polar surface area (TPSA) is 67.2 Å². The fraction of sp³-hybridized carbons (Fsp3) is 0.562. The van der Waals surface area contributed by atoms with E-state index in [0.717, 1.165) is 17.8 Å². The molecule has 0 saturated heterocycles. The number of rotatable bonds is 5. The fourth-order valence-electron chi connectivity index (χ4n) is 2.79. The van der Waals surface area contributed by atoms with Crippen molar-refractivity contribution < 1.29 is 4.79 Å². The van der Waals surface area contributed by atoms with Gasteiger partial charge in [0.1, 0.15) is 0 Å². The Kier molecular flexibility index (Phi) is 5.53.